The molecule has 1 aliphatic heterocycles. The zero-order valence-corrected chi connectivity index (χ0v) is 23.1. The molecule has 0 aliphatic carbocycles. The molecule has 0 atom stereocenters. The lowest BCUT2D eigenvalue weighted by molar-refractivity contribution is -0.127. The minimum atomic E-state index is -0.388. The monoisotopic (exact) mass is 548 g/mol. The smallest absolute Gasteiger partial charge is 0.254 e. The van der Waals surface area contributed by atoms with E-state index in [1.165, 1.54) is 39.5 Å². The van der Waals surface area contributed by atoms with Crippen molar-refractivity contribution in [3.05, 3.63) is 89.2 Å². The van der Waals surface area contributed by atoms with E-state index in [9.17, 15) is 14.0 Å². The highest BCUT2D eigenvalue weighted by atomic mass is 19.1. The number of hydrogen-bond donors (Lipinski definition) is 0. The summed E-state index contributed by atoms with van der Waals surface area (Å²) in [4.78, 5) is 30.0. The molecule has 0 radical (unpaired) electrons. The standard InChI is InChI=1S/C31H33FN2O6/c1-5-40-25-11-9-21(10-12-25)26(22-7-6-8-24(32)17-22)20-29(35)33-13-15-34(16-14-33)31(36)23-18-27(37-2)30(39-4)28(19-23)38-3/h6-12,17-20H,5,13-16H2,1-4H3. The third-order valence-corrected chi connectivity index (χ3v) is 6.67. The number of ether oxygens (including phenoxy) is 4. The number of halogens is 1. The highest BCUT2D eigenvalue weighted by Crippen LogP contribution is 2.38. The van der Waals surface area contributed by atoms with E-state index in [4.69, 9.17) is 18.9 Å². The molecule has 0 saturated carbocycles. The molecule has 2 amide bonds. The second-order valence-electron chi connectivity index (χ2n) is 9.06. The minimum Gasteiger partial charge on any atom is -0.494 e. The van der Waals surface area contributed by atoms with Crippen molar-refractivity contribution in [2.24, 2.45) is 0 Å². The zero-order chi connectivity index (χ0) is 28.6. The van der Waals surface area contributed by atoms with Gasteiger partial charge in [0.25, 0.3) is 5.91 Å². The van der Waals surface area contributed by atoms with Crippen molar-refractivity contribution in [2.75, 3.05) is 54.1 Å². The molecule has 1 heterocycles. The summed E-state index contributed by atoms with van der Waals surface area (Å²) in [5.74, 6) is 1.10. The van der Waals surface area contributed by atoms with E-state index in [0.29, 0.717) is 72.5 Å². The maximum absolute atomic E-state index is 14.1. The van der Waals surface area contributed by atoms with Gasteiger partial charge >= 0.3 is 0 Å². The Labute approximate surface area is 233 Å². The number of piperazine rings is 1. The number of carbonyl (C=O) groups excluding carboxylic acids is 2. The molecule has 0 spiro atoms. The lowest BCUT2D eigenvalue weighted by atomic mass is 9.97. The van der Waals surface area contributed by atoms with E-state index in [1.54, 1.807) is 34.1 Å². The van der Waals surface area contributed by atoms with Crippen LogP contribution in [0.4, 0.5) is 4.39 Å². The highest BCUT2D eigenvalue weighted by molar-refractivity contribution is 6.00. The van der Waals surface area contributed by atoms with Crippen LogP contribution in [0.5, 0.6) is 23.0 Å². The van der Waals surface area contributed by atoms with Gasteiger partial charge in [0.15, 0.2) is 11.5 Å². The summed E-state index contributed by atoms with van der Waals surface area (Å²) < 4.78 is 35.7. The van der Waals surface area contributed by atoms with Crippen LogP contribution in [0.15, 0.2) is 66.7 Å². The number of amides is 2. The van der Waals surface area contributed by atoms with Crippen molar-refractivity contribution < 1.29 is 32.9 Å². The molecular formula is C31H33FN2O6. The first-order chi connectivity index (χ1) is 19.4. The third kappa shape index (κ3) is 6.36. The largest absolute Gasteiger partial charge is 0.494 e. The number of benzene rings is 3. The molecular weight excluding hydrogens is 515 g/mol. The summed E-state index contributed by atoms with van der Waals surface area (Å²) in [7, 11) is 4.49. The first-order valence-corrected chi connectivity index (χ1v) is 13.0. The van der Waals surface area contributed by atoms with Crippen LogP contribution >= 0.6 is 0 Å². The first-order valence-electron chi connectivity index (χ1n) is 13.0. The Hall–Kier alpha value is -4.53. The summed E-state index contributed by atoms with van der Waals surface area (Å²) >= 11 is 0. The molecule has 210 valence electrons. The minimum absolute atomic E-state index is 0.197. The molecule has 3 aromatic rings. The molecule has 1 saturated heterocycles. The van der Waals surface area contributed by atoms with E-state index >= 15 is 0 Å². The Morgan fingerprint density at radius 2 is 1.43 bits per heavy atom. The van der Waals surface area contributed by atoms with E-state index in [1.807, 2.05) is 31.2 Å². The summed E-state index contributed by atoms with van der Waals surface area (Å²) in [5.41, 5.74) is 2.36. The molecule has 8 nitrogen and oxygen atoms in total. The summed E-state index contributed by atoms with van der Waals surface area (Å²) in [5, 5.41) is 0. The maximum atomic E-state index is 14.1. The number of rotatable bonds is 9. The highest BCUT2D eigenvalue weighted by Gasteiger charge is 2.26. The van der Waals surface area contributed by atoms with Crippen LogP contribution in [0.2, 0.25) is 0 Å². The SMILES string of the molecule is CCOc1ccc(C(=CC(=O)N2CCN(C(=O)c3cc(OC)c(OC)c(OC)c3)CC2)c2cccc(F)c2)cc1. The fourth-order valence-corrected chi connectivity index (χ4v) is 4.62. The third-order valence-electron chi connectivity index (χ3n) is 6.67. The summed E-state index contributed by atoms with van der Waals surface area (Å²) in [6, 6.07) is 16.7. The molecule has 3 aromatic carbocycles. The lowest BCUT2D eigenvalue weighted by Gasteiger charge is -2.34. The van der Waals surface area contributed by atoms with Crippen molar-refractivity contribution in [1.82, 2.24) is 9.80 Å². The van der Waals surface area contributed by atoms with Gasteiger partial charge in [-0.3, -0.25) is 9.59 Å². The van der Waals surface area contributed by atoms with Crippen LogP contribution in [-0.2, 0) is 4.79 Å². The second-order valence-corrected chi connectivity index (χ2v) is 9.06. The Morgan fingerprint density at radius 1 is 0.800 bits per heavy atom. The van der Waals surface area contributed by atoms with Gasteiger partial charge in [-0.1, -0.05) is 24.3 Å². The van der Waals surface area contributed by atoms with Gasteiger partial charge in [-0.05, 0) is 60.0 Å². The van der Waals surface area contributed by atoms with Crippen LogP contribution in [0.3, 0.4) is 0 Å². The normalized spacial score (nSPS) is 13.6. The predicted molar refractivity (Wildman–Crippen MR) is 150 cm³/mol. The number of methoxy groups -OCH3 is 3. The van der Waals surface area contributed by atoms with Crippen molar-refractivity contribution >= 4 is 17.4 Å². The topological polar surface area (TPSA) is 77.5 Å². The van der Waals surface area contributed by atoms with Crippen LogP contribution in [0, 0.1) is 5.82 Å². The van der Waals surface area contributed by atoms with Gasteiger partial charge in [0, 0.05) is 37.8 Å². The quantitative estimate of drug-likeness (QED) is 0.362. The van der Waals surface area contributed by atoms with Crippen LogP contribution in [0.25, 0.3) is 5.57 Å². The van der Waals surface area contributed by atoms with Gasteiger partial charge in [-0.2, -0.15) is 0 Å². The number of hydrogen-bond acceptors (Lipinski definition) is 6. The Kier molecular flexibility index (Phi) is 9.27. The average Bonchev–Trinajstić information content (AvgIpc) is 2.99. The lowest BCUT2D eigenvalue weighted by Crippen LogP contribution is -2.50. The van der Waals surface area contributed by atoms with Gasteiger partial charge < -0.3 is 28.7 Å². The summed E-state index contributed by atoms with van der Waals surface area (Å²) in [6.07, 6.45) is 1.53. The van der Waals surface area contributed by atoms with E-state index in [2.05, 4.69) is 0 Å². The Bertz CT molecular complexity index is 1360. The molecule has 4 rings (SSSR count). The van der Waals surface area contributed by atoms with Crippen LogP contribution in [0.1, 0.15) is 28.4 Å². The van der Waals surface area contributed by atoms with Gasteiger partial charge in [0.2, 0.25) is 11.7 Å². The molecule has 0 unspecified atom stereocenters. The van der Waals surface area contributed by atoms with E-state index in [-0.39, 0.29) is 17.6 Å². The molecule has 0 N–H and O–H groups in total. The Morgan fingerprint density at radius 3 is 1.98 bits per heavy atom. The van der Waals surface area contributed by atoms with Crippen LogP contribution < -0.4 is 18.9 Å². The first kappa shape index (κ1) is 28.5. The number of carbonyl (C=O) groups is 2. The van der Waals surface area contributed by atoms with Crippen molar-refractivity contribution in [2.45, 2.75) is 6.92 Å². The molecule has 9 heteroatoms. The average molecular weight is 549 g/mol. The van der Waals surface area contributed by atoms with Crippen molar-refractivity contribution in [3.63, 3.8) is 0 Å². The zero-order valence-electron chi connectivity index (χ0n) is 23.1. The molecule has 40 heavy (non-hydrogen) atoms. The molecule has 0 aromatic heterocycles. The molecule has 1 fully saturated rings. The fraction of sp³-hybridized carbons (Fsp3) is 0.290. The van der Waals surface area contributed by atoms with Crippen molar-refractivity contribution in [1.29, 1.82) is 0 Å². The second kappa shape index (κ2) is 13.0. The fourth-order valence-electron chi connectivity index (χ4n) is 4.62. The Balaban J connectivity index is 1.52. The van der Waals surface area contributed by atoms with E-state index in [0.717, 1.165) is 5.56 Å². The van der Waals surface area contributed by atoms with Gasteiger partial charge in [-0.25, -0.2) is 4.39 Å². The number of nitrogens with zero attached hydrogens (tertiary/aromatic N) is 2. The molecule has 0 bridgehead atoms. The summed E-state index contributed by atoms with van der Waals surface area (Å²) in [6.45, 7) is 3.86. The van der Waals surface area contributed by atoms with Gasteiger partial charge in [-0.15, -0.1) is 0 Å². The van der Waals surface area contributed by atoms with Crippen molar-refractivity contribution in [3.8, 4) is 23.0 Å². The maximum Gasteiger partial charge on any atom is 0.254 e. The van der Waals surface area contributed by atoms with E-state index < -0.39 is 0 Å². The van der Waals surface area contributed by atoms with Gasteiger partial charge in [0.1, 0.15) is 11.6 Å². The predicted octanol–water partition coefficient (Wildman–Crippen LogP) is 4.67. The van der Waals surface area contributed by atoms with Gasteiger partial charge in [0.05, 0.1) is 27.9 Å². The molecule has 1 aliphatic rings. The van der Waals surface area contributed by atoms with Crippen LogP contribution in [-0.4, -0.2) is 75.7 Å².